The molecule has 1 heterocycles. The van der Waals surface area contributed by atoms with Gasteiger partial charge in [0.05, 0.1) is 22.4 Å². The van der Waals surface area contributed by atoms with Gasteiger partial charge in [-0.15, -0.1) is 0 Å². The lowest BCUT2D eigenvalue weighted by Gasteiger charge is -2.25. The van der Waals surface area contributed by atoms with Crippen LogP contribution >= 0.6 is 23.2 Å². The molecular formula is C17H22Cl2N2O3. The van der Waals surface area contributed by atoms with Crippen molar-refractivity contribution in [3.8, 4) is 5.75 Å². The first-order valence-corrected chi connectivity index (χ1v) is 8.58. The fourth-order valence-electron chi connectivity index (χ4n) is 2.49. The van der Waals surface area contributed by atoms with E-state index in [2.05, 4.69) is 10.5 Å². The van der Waals surface area contributed by atoms with Crippen molar-refractivity contribution in [3.05, 3.63) is 27.7 Å². The second kappa shape index (κ2) is 7.72. The monoisotopic (exact) mass is 372 g/mol. The van der Waals surface area contributed by atoms with E-state index in [0.29, 0.717) is 35.2 Å². The van der Waals surface area contributed by atoms with Crippen LogP contribution in [0.25, 0.3) is 0 Å². The van der Waals surface area contributed by atoms with Gasteiger partial charge in [-0.2, -0.15) is 5.10 Å². The topological polar surface area (TPSA) is 70.9 Å². The number of amides is 1. The van der Waals surface area contributed by atoms with Gasteiger partial charge in [-0.1, -0.05) is 44.0 Å². The maximum Gasteiger partial charge on any atom is 0.240 e. The van der Waals surface area contributed by atoms with Crippen LogP contribution < -0.4 is 10.2 Å². The summed E-state index contributed by atoms with van der Waals surface area (Å²) in [5.74, 6) is 0.303. The lowest BCUT2D eigenvalue weighted by Crippen LogP contribution is -2.32. The molecule has 1 aromatic rings. The molecule has 1 aromatic carbocycles. The predicted octanol–water partition coefficient (Wildman–Crippen LogP) is 3.64. The van der Waals surface area contributed by atoms with Gasteiger partial charge in [-0.25, -0.2) is 5.43 Å². The number of carbonyl (C=O) groups excluding carboxylic acids is 1. The average molecular weight is 373 g/mol. The van der Waals surface area contributed by atoms with Crippen LogP contribution in [0.15, 0.2) is 17.2 Å². The number of halogens is 2. The molecule has 0 fully saturated rings. The highest BCUT2D eigenvalue weighted by Gasteiger charge is 2.24. The average Bonchev–Trinajstić information content (AvgIpc) is 2.45. The molecule has 2 N–H and O–H groups in total. The number of aliphatic hydroxyl groups excluding tert-OH is 1. The Hall–Kier alpha value is -1.30. The second-order valence-corrected chi connectivity index (χ2v) is 7.65. The van der Waals surface area contributed by atoms with Crippen LogP contribution in [0.2, 0.25) is 10.0 Å². The van der Waals surface area contributed by atoms with Crippen LogP contribution in [0.1, 0.15) is 39.2 Å². The summed E-state index contributed by atoms with van der Waals surface area (Å²) in [7, 11) is 0. The third-order valence-corrected chi connectivity index (χ3v) is 4.51. The molecule has 0 bridgehead atoms. The number of hydrazone groups is 1. The van der Waals surface area contributed by atoms with Gasteiger partial charge in [-0.05, 0) is 18.6 Å². The molecular weight excluding hydrogens is 351 g/mol. The molecule has 0 radical (unpaired) electrons. The molecule has 0 saturated heterocycles. The molecule has 1 unspecified atom stereocenters. The van der Waals surface area contributed by atoms with Crippen LogP contribution in [-0.4, -0.2) is 29.9 Å². The third-order valence-electron chi connectivity index (χ3n) is 3.95. The summed E-state index contributed by atoms with van der Waals surface area (Å²) in [6.45, 7) is 6.42. The standard InChI is InChI=1S/C17H22Cl2N2O3/c1-10-6-14(23)20-21-15(10)11-7-12(18)16(13(19)8-11)24-9-17(2,3)4-5-22/h7-8,10,22H,4-6,9H2,1-3H3,(H,20,23). The van der Waals surface area contributed by atoms with Crippen molar-refractivity contribution in [1.82, 2.24) is 5.43 Å². The number of aliphatic hydroxyl groups is 1. The third kappa shape index (κ3) is 4.62. The smallest absolute Gasteiger partial charge is 0.240 e. The Labute approximate surface area is 152 Å². The van der Waals surface area contributed by atoms with E-state index >= 15 is 0 Å². The summed E-state index contributed by atoms with van der Waals surface area (Å²) >= 11 is 12.7. The van der Waals surface area contributed by atoms with Crippen LogP contribution in [0.3, 0.4) is 0 Å². The van der Waals surface area contributed by atoms with Gasteiger partial charge in [0.15, 0.2) is 5.75 Å². The minimum absolute atomic E-state index is 0.0128. The van der Waals surface area contributed by atoms with Crippen LogP contribution in [0.5, 0.6) is 5.75 Å². The predicted molar refractivity (Wildman–Crippen MR) is 95.9 cm³/mol. The largest absolute Gasteiger partial charge is 0.490 e. The first-order chi connectivity index (χ1) is 11.2. The summed E-state index contributed by atoms with van der Waals surface area (Å²) in [5.41, 5.74) is 3.80. The van der Waals surface area contributed by atoms with Crippen molar-refractivity contribution in [2.45, 2.75) is 33.6 Å². The molecule has 1 aliphatic rings. The zero-order chi connectivity index (χ0) is 17.9. The van der Waals surface area contributed by atoms with Crippen molar-refractivity contribution in [1.29, 1.82) is 0 Å². The molecule has 24 heavy (non-hydrogen) atoms. The number of benzene rings is 1. The van der Waals surface area contributed by atoms with Crippen molar-refractivity contribution < 1.29 is 14.6 Å². The van der Waals surface area contributed by atoms with Gasteiger partial charge < -0.3 is 9.84 Å². The molecule has 0 spiro atoms. The summed E-state index contributed by atoms with van der Waals surface area (Å²) in [5, 5.41) is 14.0. The van der Waals surface area contributed by atoms with Gasteiger partial charge in [-0.3, -0.25) is 4.79 Å². The van der Waals surface area contributed by atoms with Crippen molar-refractivity contribution in [3.63, 3.8) is 0 Å². The Morgan fingerprint density at radius 3 is 2.54 bits per heavy atom. The van der Waals surface area contributed by atoms with Gasteiger partial charge >= 0.3 is 0 Å². The highest BCUT2D eigenvalue weighted by atomic mass is 35.5. The van der Waals surface area contributed by atoms with Gasteiger partial charge in [0.2, 0.25) is 5.91 Å². The Bertz CT molecular complexity index is 636. The van der Waals surface area contributed by atoms with E-state index in [1.807, 2.05) is 20.8 Å². The minimum Gasteiger partial charge on any atom is -0.490 e. The second-order valence-electron chi connectivity index (χ2n) is 6.83. The molecule has 7 heteroatoms. The SMILES string of the molecule is CC1CC(=O)NN=C1c1cc(Cl)c(OCC(C)(C)CCO)c(Cl)c1. The van der Waals surface area contributed by atoms with Crippen LogP contribution in [-0.2, 0) is 4.79 Å². The molecule has 1 atom stereocenters. The maximum atomic E-state index is 11.4. The summed E-state index contributed by atoms with van der Waals surface area (Å²) in [6.07, 6.45) is 0.996. The first-order valence-electron chi connectivity index (χ1n) is 7.83. The number of rotatable bonds is 6. The lowest BCUT2D eigenvalue weighted by molar-refractivity contribution is -0.121. The Morgan fingerprint density at radius 2 is 2.00 bits per heavy atom. The summed E-state index contributed by atoms with van der Waals surface area (Å²) in [6, 6.07) is 3.49. The number of nitrogens with zero attached hydrogens (tertiary/aromatic N) is 1. The number of ether oxygens (including phenoxy) is 1. The summed E-state index contributed by atoms with van der Waals surface area (Å²) < 4.78 is 5.79. The van der Waals surface area contributed by atoms with E-state index < -0.39 is 0 Å². The number of carbonyl (C=O) groups is 1. The number of hydrogen-bond acceptors (Lipinski definition) is 4. The number of nitrogens with one attached hydrogen (secondary N) is 1. The first kappa shape index (κ1) is 19.0. The Kier molecular flexibility index (Phi) is 6.12. The number of hydrogen-bond donors (Lipinski definition) is 2. The highest BCUT2D eigenvalue weighted by Crippen LogP contribution is 2.36. The minimum atomic E-state index is -0.188. The molecule has 5 nitrogen and oxygen atoms in total. The quantitative estimate of drug-likeness (QED) is 0.800. The van der Waals surface area contributed by atoms with Gasteiger partial charge in [0.25, 0.3) is 0 Å². The fraction of sp³-hybridized carbons (Fsp3) is 0.529. The van der Waals surface area contributed by atoms with Gasteiger partial charge in [0.1, 0.15) is 0 Å². The van der Waals surface area contributed by atoms with E-state index in [-0.39, 0.29) is 23.8 Å². The zero-order valence-corrected chi connectivity index (χ0v) is 15.5. The lowest BCUT2D eigenvalue weighted by atomic mass is 9.91. The normalized spacial score (nSPS) is 18.2. The highest BCUT2D eigenvalue weighted by molar-refractivity contribution is 6.37. The molecule has 132 valence electrons. The molecule has 0 saturated carbocycles. The maximum absolute atomic E-state index is 11.4. The Balaban J connectivity index is 2.21. The van der Waals surface area contributed by atoms with Gasteiger partial charge in [0, 0.05) is 29.9 Å². The molecule has 1 aliphatic heterocycles. The molecule has 0 aliphatic carbocycles. The Morgan fingerprint density at radius 1 is 1.38 bits per heavy atom. The van der Waals surface area contributed by atoms with Crippen molar-refractivity contribution in [2.75, 3.05) is 13.2 Å². The molecule has 0 aromatic heterocycles. The van der Waals surface area contributed by atoms with E-state index in [1.54, 1.807) is 12.1 Å². The zero-order valence-electron chi connectivity index (χ0n) is 14.0. The van der Waals surface area contributed by atoms with E-state index in [9.17, 15) is 4.79 Å². The van der Waals surface area contributed by atoms with E-state index in [0.717, 1.165) is 11.3 Å². The van der Waals surface area contributed by atoms with Crippen molar-refractivity contribution in [2.24, 2.45) is 16.4 Å². The molecule has 2 rings (SSSR count). The van der Waals surface area contributed by atoms with Crippen molar-refractivity contribution >= 4 is 34.8 Å². The van der Waals surface area contributed by atoms with E-state index in [1.165, 1.54) is 0 Å². The summed E-state index contributed by atoms with van der Waals surface area (Å²) in [4.78, 5) is 11.4. The van der Waals surface area contributed by atoms with Crippen LogP contribution in [0, 0.1) is 11.3 Å². The molecule has 1 amide bonds. The van der Waals surface area contributed by atoms with Crippen LogP contribution in [0.4, 0.5) is 0 Å². The fourth-order valence-corrected chi connectivity index (χ4v) is 3.09. The van der Waals surface area contributed by atoms with E-state index in [4.69, 9.17) is 33.0 Å².